The summed E-state index contributed by atoms with van der Waals surface area (Å²) in [6.07, 6.45) is 0. The number of aryl methyl sites for hydroxylation is 2. The average Bonchev–Trinajstić information content (AvgIpc) is 2.75. The van der Waals surface area contributed by atoms with Crippen molar-refractivity contribution in [2.75, 3.05) is 0 Å². The van der Waals surface area contributed by atoms with Crippen molar-refractivity contribution in [2.45, 2.75) is 13.8 Å². The first kappa shape index (κ1) is 10.1. The molecule has 0 N–H and O–H groups in total. The molecule has 0 unspecified atom stereocenters. The van der Waals surface area contributed by atoms with E-state index in [-0.39, 0.29) is 0 Å². The highest BCUT2D eigenvalue weighted by atomic mass is 15.3. The van der Waals surface area contributed by atoms with E-state index < -0.39 is 0 Å². The van der Waals surface area contributed by atoms with Crippen LogP contribution >= 0.6 is 0 Å². The summed E-state index contributed by atoms with van der Waals surface area (Å²) in [6, 6.07) is 14.5. The minimum absolute atomic E-state index is 0.973. The van der Waals surface area contributed by atoms with Crippen LogP contribution in [0.1, 0.15) is 22.3 Å². The summed E-state index contributed by atoms with van der Waals surface area (Å²) in [4.78, 5) is 0. The minimum Gasteiger partial charge on any atom is -0.150 e. The normalized spacial score (nSPS) is 12.9. The molecule has 0 aromatic heterocycles. The molecule has 2 aromatic rings. The van der Waals surface area contributed by atoms with Crippen LogP contribution < -0.4 is 5.43 Å². The standard InChI is InChI=1S/C15H13N2/c1-10-6-8-12(9-7-10)15-14-11(2)4-3-5-13(14)16-17-15/h3-9H,1-2H3. The van der Waals surface area contributed by atoms with E-state index in [1.807, 2.05) is 12.1 Å². The van der Waals surface area contributed by atoms with Crippen LogP contribution in [0.15, 0.2) is 47.6 Å². The van der Waals surface area contributed by atoms with Gasteiger partial charge in [0.05, 0.1) is 5.69 Å². The predicted octanol–water partition coefficient (Wildman–Crippen LogP) is 3.31. The second-order valence-corrected chi connectivity index (χ2v) is 4.38. The van der Waals surface area contributed by atoms with Crippen LogP contribution in [0.4, 0.5) is 5.69 Å². The lowest BCUT2D eigenvalue weighted by Crippen LogP contribution is -2.01. The molecule has 0 bridgehead atoms. The lowest BCUT2D eigenvalue weighted by Gasteiger charge is -2.05. The number of hydrogen-bond donors (Lipinski definition) is 0. The van der Waals surface area contributed by atoms with Gasteiger partial charge in [0.15, 0.2) is 0 Å². The van der Waals surface area contributed by atoms with E-state index in [9.17, 15) is 0 Å². The van der Waals surface area contributed by atoms with Gasteiger partial charge in [-0.1, -0.05) is 42.0 Å². The number of rotatable bonds is 1. The van der Waals surface area contributed by atoms with Crippen LogP contribution in [0, 0.1) is 13.8 Å². The Morgan fingerprint density at radius 3 is 2.41 bits per heavy atom. The van der Waals surface area contributed by atoms with Gasteiger partial charge in [-0.2, -0.15) is 0 Å². The maximum Gasteiger partial charge on any atom is 0.103 e. The third-order valence-corrected chi connectivity index (χ3v) is 3.07. The molecule has 1 aliphatic heterocycles. The van der Waals surface area contributed by atoms with Crippen LogP contribution in [0.25, 0.3) is 0 Å². The molecule has 2 aromatic carbocycles. The predicted molar refractivity (Wildman–Crippen MR) is 69.8 cm³/mol. The smallest absolute Gasteiger partial charge is 0.103 e. The van der Waals surface area contributed by atoms with E-state index in [1.165, 1.54) is 11.1 Å². The van der Waals surface area contributed by atoms with Crippen LogP contribution in [-0.4, -0.2) is 5.71 Å². The Balaban J connectivity index is 2.12. The zero-order valence-corrected chi connectivity index (χ0v) is 9.94. The maximum atomic E-state index is 4.31. The van der Waals surface area contributed by atoms with Gasteiger partial charge in [0, 0.05) is 11.1 Å². The summed E-state index contributed by atoms with van der Waals surface area (Å²) < 4.78 is 0. The summed E-state index contributed by atoms with van der Waals surface area (Å²) in [6.45, 7) is 4.19. The first-order valence-corrected chi connectivity index (χ1v) is 5.71. The van der Waals surface area contributed by atoms with Gasteiger partial charge in [-0.05, 0) is 25.5 Å². The number of benzene rings is 2. The Labute approximate surface area is 101 Å². The van der Waals surface area contributed by atoms with Crippen molar-refractivity contribution in [3.05, 3.63) is 64.7 Å². The van der Waals surface area contributed by atoms with Crippen molar-refractivity contribution in [1.82, 2.24) is 5.43 Å². The number of hydrogen-bond acceptors (Lipinski definition) is 1. The topological polar surface area (TPSA) is 26.5 Å². The summed E-state index contributed by atoms with van der Waals surface area (Å²) in [5, 5.41) is 4.31. The van der Waals surface area contributed by atoms with E-state index in [4.69, 9.17) is 0 Å². The lowest BCUT2D eigenvalue weighted by atomic mass is 9.97. The first-order valence-electron chi connectivity index (χ1n) is 5.71. The quantitative estimate of drug-likeness (QED) is 0.706. The van der Waals surface area contributed by atoms with Crippen molar-refractivity contribution in [3.63, 3.8) is 0 Å². The summed E-state index contributed by atoms with van der Waals surface area (Å²) in [5.74, 6) is 0. The van der Waals surface area contributed by atoms with E-state index >= 15 is 0 Å². The number of fused-ring (bicyclic) bond motifs is 1. The van der Waals surface area contributed by atoms with Crippen LogP contribution in [0.3, 0.4) is 0 Å². The molecule has 1 radical (unpaired) electrons. The Kier molecular flexibility index (Phi) is 2.22. The molecule has 0 saturated heterocycles. The molecular formula is C15H13N2. The highest BCUT2D eigenvalue weighted by Gasteiger charge is 2.20. The summed E-state index contributed by atoms with van der Waals surface area (Å²) in [5.41, 5.74) is 11.0. The summed E-state index contributed by atoms with van der Waals surface area (Å²) in [7, 11) is 0. The van der Waals surface area contributed by atoms with E-state index in [2.05, 4.69) is 54.7 Å². The van der Waals surface area contributed by atoms with Gasteiger partial charge < -0.3 is 0 Å². The monoisotopic (exact) mass is 221 g/mol. The fraction of sp³-hybridized carbons (Fsp3) is 0.133. The van der Waals surface area contributed by atoms with E-state index in [0.717, 1.165) is 22.5 Å². The Morgan fingerprint density at radius 1 is 0.882 bits per heavy atom. The summed E-state index contributed by atoms with van der Waals surface area (Å²) >= 11 is 0. The number of nitrogens with zero attached hydrogens (tertiary/aromatic N) is 2. The first-order chi connectivity index (χ1) is 8.25. The fourth-order valence-corrected chi connectivity index (χ4v) is 2.11. The molecule has 0 aliphatic carbocycles. The molecular weight excluding hydrogens is 208 g/mol. The molecule has 3 rings (SSSR count). The zero-order valence-electron chi connectivity index (χ0n) is 9.94. The second kappa shape index (κ2) is 3.74. The third-order valence-electron chi connectivity index (χ3n) is 3.07. The Hall–Kier alpha value is -2.09. The molecule has 17 heavy (non-hydrogen) atoms. The molecule has 0 fully saturated rings. The highest BCUT2D eigenvalue weighted by molar-refractivity contribution is 6.17. The van der Waals surface area contributed by atoms with E-state index in [0.29, 0.717) is 0 Å². The van der Waals surface area contributed by atoms with Gasteiger partial charge in [-0.3, -0.25) is 0 Å². The second-order valence-electron chi connectivity index (χ2n) is 4.38. The molecule has 83 valence electrons. The minimum atomic E-state index is 0.973. The molecule has 1 aliphatic rings. The van der Waals surface area contributed by atoms with E-state index in [1.54, 1.807) is 0 Å². The van der Waals surface area contributed by atoms with Gasteiger partial charge in [0.25, 0.3) is 0 Å². The molecule has 2 heteroatoms. The van der Waals surface area contributed by atoms with Crippen LogP contribution in [0.5, 0.6) is 0 Å². The molecule has 0 atom stereocenters. The third kappa shape index (κ3) is 1.62. The Morgan fingerprint density at radius 2 is 1.65 bits per heavy atom. The van der Waals surface area contributed by atoms with Crippen molar-refractivity contribution in [3.8, 4) is 0 Å². The molecule has 2 nitrogen and oxygen atoms in total. The molecule has 0 spiro atoms. The lowest BCUT2D eigenvalue weighted by molar-refractivity contribution is 0.987. The largest absolute Gasteiger partial charge is 0.150 e. The van der Waals surface area contributed by atoms with Gasteiger partial charge in [-0.25, -0.2) is 0 Å². The zero-order chi connectivity index (χ0) is 11.8. The van der Waals surface area contributed by atoms with Gasteiger partial charge in [-0.15, -0.1) is 10.5 Å². The Bertz CT molecular complexity index is 595. The molecule has 0 amide bonds. The molecule has 1 heterocycles. The van der Waals surface area contributed by atoms with Crippen molar-refractivity contribution >= 4 is 11.4 Å². The van der Waals surface area contributed by atoms with Crippen LogP contribution in [-0.2, 0) is 0 Å². The van der Waals surface area contributed by atoms with Crippen molar-refractivity contribution in [2.24, 2.45) is 5.10 Å². The highest BCUT2D eigenvalue weighted by Crippen LogP contribution is 2.28. The van der Waals surface area contributed by atoms with Gasteiger partial charge in [0.1, 0.15) is 5.71 Å². The van der Waals surface area contributed by atoms with Crippen molar-refractivity contribution < 1.29 is 0 Å². The van der Waals surface area contributed by atoms with Crippen molar-refractivity contribution in [1.29, 1.82) is 0 Å². The van der Waals surface area contributed by atoms with Gasteiger partial charge >= 0.3 is 0 Å². The average molecular weight is 221 g/mol. The van der Waals surface area contributed by atoms with Gasteiger partial charge in [0.2, 0.25) is 0 Å². The molecule has 0 saturated carbocycles. The maximum absolute atomic E-state index is 4.31. The SMILES string of the molecule is Cc1ccc(C2=N[N]c3cccc(C)c32)cc1. The van der Waals surface area contributed by atoms with Crippen LogP contribution in [0.2, 0.25) is 0 Å². The fourth-order valence-electron chi connectivity index (χ4n) is 2.11.